The number of rotatable bonds is 4. The first-order valence-electron chi connectivity index (χ1n) is 7.73. The van der Waals surface area contributed by atoms with Crippen molar-refractivity contribution in [2.75, 3.05) is 13.1 Å². The normalized spacial score (nSPS) is 37.2. The molecule has 0 aromatic carbocycles. The first-order valence-corrected chi connectivity index (χ1v) is 7.73. The van der Waals surface area contributed by atoms with E-state index in [1.807, 2.05) is 0 Å². The summed E-state index contributed by atoms with van der Waals surface area (Å²) in [4.78, 5) is 13.5. The highest BCUT2D eigenvalue weighted by atomic mass is 16.3. The van der Waals surface area contributed by atoms with Gasteiger partial charge in [-0.25, -0.2) is 0 Å². The van der Waals surface area contributed by atoms with Gasteiger partial charge in [0.1, 0.15) is 0 Å². The van der Waals surface area contributed by atoms with Crippen LogP contribution in [0.4, 0.5) is 0 Å². The molecule has 2 aliphatic rings. The minimum absolute atomic E-state index is 0.221. The van der Waals surface area contributed by atoms with Gasteiger partial charge in [-0.3, -0.25) is 9.69 Å². The van der Waals surface area contributed by atoms with Gasteiger partial charge in [-0.05, 0) is 51.0 Å². The van der Waals surface area contributed by atoms with E-state index in [9.17, 15) is 9.90 Å². The number of aliphatic hydroxyl groups is 1. The molecule has 19 heavy (non-hydrogen) atoms. The van der Waals surface area contributed by atoms with Crippen LogP contribution in [0.1, 0.15) is 58.3 Å². The Morgan fingerprint density at radius 2 is 2.00 bits per heavy atom. The van der Waals surface area contributed by atoms with Gasteiger partial charge in [0.05, 0.1) is 5.60 Å². The minimum atomic E-state index is -0.542. The zero-order valence-electron chi connectivity index (χ0n) is 12.1. The summed E-state index contributed by atoms with van der Waals surface area (Å²) in [7, 11) is 0. The topological polar surface area (TPSA) is 66.6 Å². The van der Waals surface area contributed by atoms with Crippen molar-refractivity contribution in [2.24, 2.45) is 11.7 Å². The molecule has 110 valence electrons. The van der Waals surface area contributed by atoms with Gasteiger partial charge in [-0.2, -0.15) is 0 Å². The van der Waals surface area contributed by atoms with Crippen molar-refractivity contribution in [1.82, 2.24) is 4.90 Å². The lowest BCUT2D eigenvalue weighted by atomic mass is 9.79. The van der Waals surface area contributed by atoms with Crippen LogP contribution in [-0.2, 0) is 4.79 Å². The van der Waals surface area contributed by atoms with Crippen LogP contribution in [0.25, 0.3) is 0 Å². The lowest BCUT2D eigenvalue weighted by Crippen LogP contribution is -2.51. The summed E-state index contributed by atoms with van der Waals surface area (Å²) in [5.74, 6) is 0.518. The number of nitrogens with zero attached hydrogens (tertiary/aromatic N) is 1. The molecule has 0 aromatic heterocycles. The molecule has 1 atom stereocenters. The van der Waals surface area contributed by atoms with Crippen LogP contribution in [0.2, 0.25) is 0 Å². The fourth-order valence-electron chi connectivity index (χ4n) is 3.57. The van der Waals surface area contributed by atoms with Crippen LogP contribution < -0.4 is 5.73 Å². The van der Waals surface area contributed by atoms with Crippen molar-refractivity contribution in [3.05, 3.63) is 0 Å². The van der Waals surface area contributed by atoms with Crippen LogP contribution in [0.15, 0.2) is 0 Å². The third-order valence-electron chi connectivity index (χ3n) is 4.89. The number of primary amides is 1. The number of likely N-dealkylation sites (tertiary alicyclic amines) is 1. The Bertz CT molecular complexity index is 311. The molecule has 2 fully saturated rings. The Balaban J connectivity index is 1.93. The van der Waals surface area contributed by atoms with E-state index in [0.29, 0.717) is 6.42 Å². The van der Waals surface area contributed by atoms with Crippen molar-refractivity contribution < 1.29 is 9.90 Å². The van der Waals surface area contributed by atoms with Crippen molar-refractivity contribution in [1.29, 1.82) is 0 Å². The van der Waals surface area contributed by atoms with Gasteiger partial charge in [0.2, 0.25) is 5.91 Å². The van der Waals surface area contributed by atoms with E-state index in [-0.39, 0.29) is 11.9 Å². The maximum atomic E-state index is 11.2. The molecule has 1 saturated heterocycles. The number of amides is 1. The smallest absolute Gasteiger partial charge is 0.218 e. The predicted molar refractivity (Wildman–Crippen MR) is 75.6 cm³/mol. The number of nitrogens with two attached hydrogens (primary N) is 1. The van der Waals surface area contributed by atoms with Crippen LogP contribution in [-0.4, -0.2) is 40.6 Å². The van der Waals surface area contributed by atoms with E-state index in [1.165, 1.54) is 12.8 Å². The second kappa shape index (κ2) is 6.23. The molecule has 4 heteroatoms. The van der Waals surface area contributed by atoms with Crippen molar-refractivity contribution in [3.63, 3.8) is 0 Å². The van der Waals surface area contributed by atoms with Crippen molar-refractivity contribution >= 4 is 5.91 Å². The van der Waals surface area contributed by atoms with Crippen LogP contribution in [0, 0.1) is 5.92 Å². The summed E-state index contributed by atoms with van der Waals surface area (Å²) in [6, 6.07) is 0.245. The zero-order chi connectivity index (χ0) is 13.9. The van der Waals surface area contributed by atoms with Crippen molar-refractivity contribution in [2.45, 2.75) is 69.9 Å². The largest absolute Gasteiger partial charge is 0.389 e. The molecule has 0 bridgehead atoms. The molecular formula is C15H28N2O2. The number of hydrogen-bond acceptors (Lipinski definition) is 3. The monoisotopic (exact) mass is 268 g/mol. The third-order valence-corrected chi connectivity index (χ3v) is 4.89. The third kappa shape index (κ3) is 4.18. The first-order chi connectivity index (χ1) is 8.98. The summed E-state index contributed by atoms with van der Waals surface area (Å²) < 4.78 is 0. The Labute approximate surface area is 116 Å². The van der Waals surface area contributed by atoms with Gasteiger partial charge in [-0.1, -0.05) is 13.3 Å². The molecule has 1 aliphatic carbocycles. The van der Waals surface area contributed by atoms with Crippen molar-refractivity contribution in [3.8, 4) is 0 Å². The number of carbonyl (C=O) groups excluding carboxylic acids is 1. The standard InChI is InChI=1S/C15H28N2O2/c1-12-5-7-15(19,8-6-12)11-17-9-3-2-4-13(17)10-14(16)18/h12-13,19H,2-11H2,1H3,(H2,16,18). The lowest BCUT2D eigenvalue weighted by Gasteiger charge is -2.43. The fourth-order valence-corrected chi connectivity index (χ4v) is 3.57. The molecule has 4 nitrogen and oxygen atoms in total. The molecule has 3 N–H and O–H groups in total. The van der Waals surface area contributed by atoms with Crippen LogP contribution in [0.3, 0.4) is 0 Å². The fraction of sp³-hybridized carbons (Fsp3) is 0.933. The van der Waals surface area contributed by atoms with Crippen LogP contribution in [0.5, 0.6) is 0 Å². The second-order valence-electron chi connectivity index (χ2n) is 6.70. The maximum Gasteiger partial charge on any atom is 0.218 e. The number of hydrogen-bond donors (Lipinski definition) is 2. The lowest BCUT2D eigenvalue weighted by molar-refractivity contribution is -0.120. The summed E-state index contributed by atoms with van der Waals surface area (Å²) in [5, 5.41) is 10.7. The van der Waals surface area contributed by atoms with E-state index < -0.39 is 5.60 Å². The van der Waals surface area contributed by atoms with Gasteiger partial charge >= 0.3 is 0 Å². The van der Waals surface area contributed by atoms with Gasteiger partial charge in [0.25, 0.3) is 0 Å². The summed E-state index contributed by atoms with van der Waals surface area (Å²) >= 11 is 0. The Morgan fingerprint density at radius 3 is 2.63 bits per heavy atom. The highest BCUT2D eigenvalue weighted by Gasteiger charge is 2.36. The second-order valence-corrected chi connectivity index (χ2v) is 6.70. The predicted octanol–water partition coefficient (Wildman–Crippen LogP) is 1.66. The van der Waals surface area contributed by atoms with Crippen LogP contribution >= 0.6 is 0 Å². The molecule has 2 rings (SSSR count). The highest BCUT2D eigenvalue weighted by Crippen LogP contribution is 2.34. The quantitative estimate of drug-likeness (QED) is 0.815. The minimum Gasteiger partial charge on any atom is -0.389 e. The average molecular weight is 268 g/mol. The molecule has 1 heterocycles. The molecule has 1 saturated carbocycles. The zero-order valence-corrected chi connectivity index (χ0v) is 12.1. The van der Waals surface area contributed by atoms with Gasteiger partial charge in [0.15, 0.2) is 0 Å². The van der Waals surface area contributed by atoms with E-state index in [4.69, 9.17) is 5.73 Å². The Kier molecular flexibility index (Phi) is 4.85. The van der Waals surface area contributed by atoms with E-state index >= 15 is 0 Å². The van der Waals surface area contributed by atoms with E-state index in [0.717, 1.165) is 51.1 Å². The van der Waals surface area contributed by atoms with Gasteiger partial charge in [-0.15, -0.1) is 0 Å². The highest BCUT2D eigenvalue weighted by molar-refractivity contribution is 5.74. The summed E-state index contributed by atoms with van der Waals surface area (Å²) in [5.41, 5.74) is 4.80. The van der Waals surface area contributed by atoms with E-state index in [2.05, 4.69) is 11.8 Å². The first kappa shape index (κ1) is 14.8. The Morgan fingerprint density at radius 1 is 1.32 bits per heavy atom. The Hall–Kier alpha value is -0.610. The molecule has 0 aromatic rings. The van der Waals surface area contributed by atoms with Gasteiger partial charge in [0, 0.05) is 19.0 Å². The molecular weight excluding hydrogens is 240 g/mol. The summed E-state index contributed by atoms with van der Waals surface area (Å²) in [6.45, 7) is 3.98. The molecule has 1 aliphatic heterocycles. The number of carbonyl (C=O) groups is 1. The van der Waals surface area contributed by atoms with E-state index in [1.54, 1.807) is 0 Å². The molecule has 1 unspecified atom stereocenters. The maximum absolute atomic E-state index is 11.2. The summed E-state index contributed by atoms with van der Waals surface area (Å²) in [6.07, 6.45) is 7.84. The SMILES string of the molecule is CC1CCC(O)(CN2CCCCC2CC(N)=O)CC1. The molecule has 0 spiro atoms. The average Bonchev–Trinajstić information content (AvgIpc) is 2.35. The molecule has 1 amide bonds. The number of β-amino-alcohol motifs (C(OH)–C–C–N with tert-alkyl or cyclic N) is 1. The molecule has 0 radical (unpaired) electrons. The number of piperidine rings is 1. The van der Waals surface area contributed by atoms with Gasteiger partial charge < -0.3 is 10.8 Å².